The van der Waals surface area contributed by atoms with Crippen LogP contribution in [0.3, 0.4) is 0 Å². The maximum Gasteiger partial charge on any atom is 0.269 e. The number of hydrogen-bond donors (Lipinski definition) is 3. The summed E-state index contributed by atoms with van der Waals surface area (Å²) in [7, 11) is 0. The van der Waals surface area contributed by atoms with Gasteiger partial charge in [-0.2, -0.15) is 0 Å². The minimum absolute atomic E-state index is 0.221. The monoisotopic (exact) mass is 339 g/mol. The smallest absolute Gasteiger partial charge is 0.269 e. The van der Waals surface area contributed by atoms with E-state index in [1.165, 1.54) is 0 Å². The Bertz CT molecular complexity index is 874. The van der Waals surface area contributed by atoms with Gasteiger partial charge in [0, 0.05) is 23.2 Å². The molecule has 2 aliphatic rings. The number of nitrogen functional groups attached to an aromatic ring is 1. The van der Waals surface area contributed by atoms with E-state index >= 15 is 0 Å². The molecule has 4 heteroatoms. The largest absolute Gasteiger partial charge is 0.454 e. The zero-order chi connectivity index (χ0) is 18.1. The summed E-state index contributed by atoms with van der Waals surface area (Å²) in [5.41, 5.74) is 9.29. The predicted molar refractivity (Wildman–Crippen MR) is 97.6 cm³/mol. The number of hydrogen-bond acceptors (Lipinski definition) is 4. The number of aliphatic hydroxyl groups is 2. The van der Waals surface area contributed by atoms with E-state index in [2.05, 4.69) is 33.8 Å². The van der Waals surface area contributed by atoms with Crippen molar-refractivity contribution in [1.82, 2.24) is 0 Å². The summed E-state index contributed by atoms with van der Waals surface area (Å²) in [6.07, 6.45) is 0.248. The summed E-state index contributed by atoms with van der Waals surface area (Å²) >= 11 is 0. The number of ether oxygens (including phenoxy) is 1. The van der Waals surface area contributed by atoms with Crippen LogP contribution in [0.5, 0.6) is 5.75 Å². The molecule has 2 aromatic carbocycles. The van der Waals surface area contributed by atoms with Gasteiger partial charge in [0.15, 0.2) is 5.60 Å². The van der Waals surface area contributed by atoms with Crippen molar-refractivity contribution in [2.75, 3.05) is 5.73 Å². The Balaban J connectivity index is 1.98. The van der Waals surface area contributed by atoms with Gasteiger partial charge in [0.2, 0.25) is 0 Å². The van der Waals surface area contributed by atoms with Crippen molar-refractivity contribution in [2.45, 2.75) is 57.3 Å². The van der Waals surface area contributed by atoms with Gasteiger partial charge in [-0.1, -0.05) is 45.9 Å². The van der Waals surface area contributed by atoms with E-state index in [1.54, 1.807) is 18.2 Å². The molecule has 0 fully saturated rings. The van der Waals surface area contributed by atoms with Crippen LogP contribution in [0.25, 0.3) is 0 Å². The molecule has 0 amide bonds. The highest BCUT2D eigenvalue weighted by molar-refractivity contribution is 5.63. The van der Waals surface area contributed by atoms with E-state index in [9.17, 15) is 10.2 Å². The third-order valence-corrected chi connectivity index (χ3v) is 5.69. The summed E-state index contributed by atoms with van der Waals surface area (Å²) in [6, 6.07) is 9.47. The van der Waals surface area contributed by atoms with Crippen molar-refractivity contribution in [3.05, 3.63) is 58.1 Å². The summed E-state index contributed by atoms with van der Waals surface area (Å²) in [4.78, 5) is 0. The Morgan fingerprint density at radius 3 is 2.40 bits per heavy atom. The van der Waals surface area contributed by atoms with Crippen LogP contribution in [0, 0.1) is 0 Å². The highest BCUT2D eigenvalue weighted by Gasteiger charge is 2.65. The molecule has 132 valence electrons. The second-order valence-corrected chi connectivity index (χ2v) is 7.95. The fraction of sp³-hybridized carbons (Fsp3) is 0.429. The van der Waals surface area contributed by atoms with Crippen LogP contribution in [-0.2, 0) is 17.8 Å². The lowest BCUT2D eigenvalue weighted by Crippen LogP contribution is -2.45. The average molecular weight is 339 g/mol. The summed E-state index contributed by atoms with van der Waals surface area (Å²) in [6.45, 7) is 8.44. The second kappa shape index (κ2) is 4.99. The number of anilines is 1. The van der Waals surface area contributed by atoms with Gasteiger partial charge in [-0.05, 0) is 40.7 Å². The molecule has 25 heavy (non-hydrogen) atoms. The van der Waals surface area contributed by atoms with Crippen LogP contribution < -0.4 is 10.5 Å². The maximum atomic E-state index is 11.6. The molecule has 1 heterocycles. The van der Waals surface area contributed by atoms with E-state index in [-0.39, 0.29) is 12.3 Å². The molecule has 0 bridgehead atoms. The lowest BCUT2D eigenvalue weighted by Gasteiger charge is -2.30. The first-order valence-electron chi connectivity index (χ1n) is 8.89. The molecule has 0 saturated carbocycles. The van der Waals surface area contributed by atoms with Gasteiger partial charge in [-0.15, -0.1) is 0 Å². The van der Waals surface area contributed by atoms with Crippen LogP contribution in [0.4, 0.5) is 5.69 Å². The molecule has 2 unspecified atom stereocenters. The lowest BCUT2D eigenvalue weighted by atomic mass is 9.83. The molecular formula is C21H25NO3. The van der Waals surface area contributed by atoms with Crippen LogP contribution in [-0.4, -0.2) is 10.2 Å². The van der Waals surface area contributed by atoms with E-state index < -0.39 is 11.4 Å². The molecule has 0 aromatic heterocycles. The zero-order valence-electron chi connectivity index (χ0n) is 15.1. The number of nitrogens with two attached hydrogens (primary N) is 1. The number of fused-ring (bicyclic) bond motifs is 5. The second-order valence-electron chi connectivity index (χ2n) is 7.95. The van der Waals surface area contributed by atoms with Gasteiger partial charge in [0.05, 0.1) is 0 Å². The van der Waals surface area contributed by atoms with Crippen molar-refractivity contribution in [1.29, 1.82) is 0 Å². The minimum atomic E-state index is -1.79. The quantitative estimate of drug-likeness (QED) is 0.732. The number of rotatable bonds is 2. The minimum Gasteiger partial charge on any atom is -0.454 e. The van der Waals surface area contributed by atoms with Crippen LogP contribution in [0.1, 0.15) is 67.3 Å². The van der Waals surface area contributed by atoms with E-state index in [0.717, 1.165) is 16.7 Å². The summed E-state index contributed by atoms with van der Waals surface area (Å²) in [5.74, 6) is -0.649. The van der Waals surface area contributed by atoms with E-state index in [1.807, 2.05) is 6.07 Å². The van der Waals surface area contributed by atoms with Gasteiger partial charge >= 0.3 is 0 Å². The first-order chi connectivity index (χ1) is 11.7. The summed E-state index contributed by atoms with van der Waals surface area (Å²) < 4.78 is 6.08. The molecular weight excluding hydrogens is 314 g/mol. The highest BCUT2D eigenvalue weighted by Crippen LogP contribution is 2.60. The summed E-state index contributed by atoms with van der Waals surface area (Å²) in [5, 5.41) is 23.0. The van der Waals surface area contributed by atoms with Crippen LogP contribution in [0.2, 0.25) is 0 Å². The molecule has 4 N–H and O–H groups in total. The average Bonchev–Trinajstić information content (AvgIpc) is 2.90. The van der Waals surface area contributed by atoms with Gasteiger partial charge in [0.25, 0.3) is 5.79 Å². The standard InChI is InChI=1S/C21H25NO3/c1-11(2)13-8-14(12(3)4)19-17(9-13)20(23)10-15-16(21(20,24)25-19)6-5-7-18(15)22/h5-9,11-12,23-24H,10,22H2,1-4H3. The van der Waals surface area contributed by atoms with Crippen LogP contribution >= 0.6 is 0 Å². The fourth-order valence-electron chi connectivity index (χ4n) is 4.14. The van der Waals surface area contributed by atoms with Crippen molar-refractivity contribution in [3.63, 3.8) is 0 Å². The topological polar surface area (TPSA) is 75.7 Å². The van der Waals surface area contributed by atoms with Crippen molar-refractivity contribution >= 4 is 5.69 Å². The van der Waals surface area contributed by atoms with E-state index in [4.69, 9.17) is 10.5 Å². The molecule has 0 radical (unpaired) electrons. The molecule has 1 aliphatic heterocycles. The molecule has 4 nitrogen and oxygen atoms in total. The predicted octanol–water partition coefficient (Wildman–Crippen LogP) is 3.50. The first kappa shape index (κ1) is 16.4. The Hall–Kier alpha value is -2.04. The lowest BCUT2D eigenvalue weighted by molar-refractivity contribution is -0.243. The Kier molecular flexibility index (Phi) is 3.28. The van der Waals surface area contributed by atoms with Crippen molar-refractivity contribution in [3.8, 4) is 5.75 Å². The van der Waals surface area contributed by atoms with Gasteiger partial charge in [-0.25, -0.2) is 0 Å². The van der Waals surface area contributed by atoms with Crippen molar-refractivity contribution in [2.24, 2.45) is 0 Å². The van der Waals surface area contributed by atoms with Crippen molar-refractivity contribution < 1.29 is 14.9 Å². The van der Waals surface area contributed by atoms with Gasteiger partial charge < -0.3 is 20.7 Å². The van der Waals surface area contributed by atoms with E-state index in [0.29, 0.717) is 28.5 Å². The third kappa shape index (κ3) is 1.95. The fourth-order valence-corrected chi connectivity index (χ4v) is 4.14. The molecule has 2 atom stereocenters. The number of benzene rings is 2. The zero-order valence-corrected chi connectivity index (χ0v) is 15.1. The van der Waals surface area contributed by atoms with Crippen LogP contribution in [0.15, 0.2) is 30.3 Å². The van der Waals surface area contributed by atoms with Gasteiger partial charge in [-0.3, -0.25) is 0 Å². The molecule has 0 spiro atoms. The molecule has 1 aliphatic carbocycles. The third-order valence-electron chi connectivity index (χ3n) is 5.69. The highest BCUT2D eigenvalue weighted by atomic mass is 16.7. The molecule has 2 aromatic rings. The Morgan fingerprint density at radius 2 is 1.76 bits per heavy atom. The SMILES string of the molecule is CC(C)c1cc(C(C)C)c2c(c1)C1(O)Cc3c(N)cccc3C1(O)O2. The maximum absolute atomic E-state index is 11.6. The Morgan fingerprint density at radius 1 is 1.04 bits per heavy atom. The Labute approximate surface area is 148 Å². The molecule has 0 saturated heterocycles. The first-order valence-corrected chi connectivity index (χ1v) is 8.89. The molecule has 4 rings (SSSR count). The van der Waals surface area contributed by atoms with Gasteiger partial charge in [0.1, 0.15) is 5.75 Å². The normalized spacial score (nSPS) is 26.6.